The number of H-pyrrole nitrogens is 1. The molecule has 1 amide bonds. The van der Waals surface area contributed by atoms with E-state index in [4.69, 9.17) is 5.73 Å². The van der Waals surface area contributed by atoms with Crippen LogP contribution in [0.15, 0.2) is 12.5 Å². The highest BCUT2D eigenvalue weighted by Crippen LogP contribution is 2.39. The highest BCUT2D eigenvalue weighted by molar-refractivity contribution is 5.82. The van der Waals surface area contributed by atoms with Crippen LogP contribution in [0.2, 0.25) is 0 Å². The van der Waals surface area contributed by atoms with Gasteiger partial charge >= 0.3 is 0 Å². The summed E-state index contributed by atoms with van der Waals surface area (Å²) in [6, 6.07) is -0.110. The normalized spacial score (nSPS) is 28.1. The van der Waals surface area contributed by atoms with Crippen molar-refractivity contribution in [3.63, 3.8) is 0 Å². The molecule has 3 atom stereocenters. The van der Waals surface area contributed by atoms with Gasteiger partial charge in [0.05, 0.1) is 12.4 Å². The molecular formula is C15H24N4O. The number of nitrogens with two attached hydrogens (primary N) is 1. The lowest BCUT2D eigenvalue weighted by Gasteiger charge is -2.24. The van der Waals surface area contributed by atoms with Crippen molar-refractivity contribution in [1.82, 2.24) is 15.3 Å². The van der Waals surface area contributed by atoms with E-state index in [1.54, 1.807) is 6.33 Å². The summed E-state index contributed by atoms with van der Waals surface area (Å²) < 4.78 is 0. The predicted molar refractivity (Wildman–Crippen MR) is 77.0 cm³/mol. The van der Waals surface area contributed by atoms with E-state index in [0.29, 0.717) is 11.8 Å². The molecule has 2 fully saturated rings. The molecule has 0 aliphatic heterocycles. The van der Waals surface area contributed by atoms with E-state index < -0.39 is 0 Å². The Bertz CT molecular complexity index is 439. The van der Waals surface area contributed by atoms with E-state index in [0.717, 1.165) is 18.5 Å². The van der Waals surface area contributed by atoms with Crippen molar-refractivity contribution in [1.29, 1.82) is 0 Å². The van der Waals surface area contributed by atoms with Crippen molar-refractivity contribution in [2.45, 2.75) is 62.9 Å². The molecule has 1 aromatic heterocycles. The Kier molecular flexibility index (Phi) is 4.05. The topological polar surface area (TPSA) is 83.8 Å². The van der Waals surface area contributed by atoms with Crippen molar-refractivity contribution in [3.8, 4) is 0 Å². The quantitative estimate of drug-likeness (QED) is 0.765. The smallest absolute Gasteiger partial charge is 0.237 e. The van der Waals surface area contributed by atoms with Crippen LogP contribution < -0.4 is 11.1 Å². The third kappa shape index (κ3) is 3.20. The summed E-state index contributed by atoms with van der Waals surface area (Å²) in [5, 5.41) is 3.07. The Balaban J connectivity index is 1.43. The first kappa shape index (κ1) is 13.6. The van der Waals surface area contributed by atoms with Gasteiger partial charge in [-0.05, 0) is 18.8 Å². The lowest BCUT2D eigenvalue weighted by atomic mass is 9.85. The van der Waals surface area contributed by atoms with E-state index in [2.05, 4.69) is 15.3 Å². The maximum atomic E-state index is 12.1. The van der Waals surface area contributed by atoms with Crippen LogP contribution >= 0.6 is 0 Å². The molecular weight excluding hydrogens is 252 g/mol. The first-order valence-electron chi connectivity index (χ1n) is 7.78. The summed E-state index contributed by atoms with van der Waals surface area (Å²) in [4.78, 5) is 19.2. The van der Waals surface area contributed by atoms with Crippen LogP contribution in [-0.2, 0) is 4.79 Å². The van der Waals surface area contributed by atoms with Crippen LogP contribution in [0.3, 0.4) is 0 Å². The zero-order valence-electron chi connectivity index (χ0n) is 11.8. The van der Waals surface area contributed by atoms with Crippen molar-refractivity contribution >= 4 is 5.91 Å². The minimum atomic E-state index is -0.346. The maximum Gasteiger partial charge on any atom is 0.237 e. The Morgan fingerprint density at radius 2 is 2.25 bits per heavy atom. The van der Waals surface area contributed by atoms with Crippen molar-refractivity contribution < 1.29 is 4.79 Å². The molecule has 0 radical (unpaired) electrons. The van der Waals surface area contributed by atoms with Crippen molar-refractivity contribution in [2.24, 2.45) is 11.7 Å². The van der Waals surface area contributed by atoms with Gasteiger partial charge in [0.15, 0.2) is 0 Å². The standard InChI is InChI=1S/C15H24N4O/c16-12(6-10-4-2-1-3-5-10)15(20)19-13-7-11(13)14-8-17-9-18-14/h8-13H,1-7,16H2,(H,17,18)(H,19,20). The summed E-state index contributed by atoms with van der Waals surface area (Å²) in [7, 11) is 0. The molecule has 0 spiro atoms. The number of nitrogens with one attached hydrogen (secondary N) is 2. The second-order valence-electron chi connectivity index (χ2n) is 6.31. The van der Waals surface area contributed by atoms with Crippen LogP contribution in [0.4, 0.5) is 0 Å². The Morgan fingerprint density at radius 3 is 2.95 bits per heavy atom. The van der Waals surface area contributed by atoms with Crippen LogP contribution in [0, 0.1) is 5.92 Å². The highest BCUT2D eigenvalue weighted by atomic mass is 16.2. The molecule has 1 aromatic rings. The number of carbonyl (C=O) groups is 1. The fourth-order valence-corrected chi connectivity index (χ4v) is 3.35. The summed E-state index contributed by atoms with van der Waals surface area (Å²) >= 11 is 0. The molecule has 3 unspecified atom stereocenters. The monoisotopic (exact) mass is 276 g/mol. The van der Waals surface area contributed by atoms with E-state index in [-0.39, 0.29) is 18.0 Å². The van der Waals surface area contributed by atoms with Crippen LogP contribution in [0.25, 0.3) is 0 Å². The molecule has 0 saturated heterocycles. The largest absolute Gasteiger partial charge is 0.351 e. The first-order valence-corrected chi connectivity index (χ1v) is 7.78. The molecule has 0 bridgehead atoms. The number of nitrogens with zero attached hydrogens (tertiary/aromatic N) is 1. The van der Waals surface area contributed by atoms with E-state index >= 15 is 0 Å². The molecule has 110 valence electrons. The molecule has 2 aliphatic rings. The summed E-state index contributed by atoms with van der Waals surface area (Å²) in [5.41, 5.74) is 7.16. The zero-order chi connectivity index (χ0) is 13.9. The SMILES string of the molecule is NC(CC1CCCCC1)C(=O)NC1CC1c1cnc[nH]1. The van der Waals surface area contributed by atoms with Crippen LogP contribution in [0.5, 0.6) is 0 Å². The van der Waals surface area contributed by atoms with Crippen LogP contribution in [-0.4, -0.2) is 28.0 Å². The molecule has 0 aromatic carbocycles. The number of carbonyl (C=O) groups excluding carboxylic acids is 1. The Morgan fingerprint density at radius 1 is 1.45 bits per heavy atom. The van der Waals surface area contributed by atoms with E-state index in [1.165, 1.54) is 32.1 Å². The van der Waals surface area contributed by atoms with Crippen molar-refractivity contribution in [2.75, 3.05) is 0 Å². The third-order valence-electron chi connectivity index (χ3n) is 4.69. The van der Waals surface area contributed by atoms with E-state index in [9.17, 15) is 4.79 Å². The van der Waals surface area contributed by atoms with Gasteiger partial charge in [-0.1, -0.05) is 32.1 Å². The first-order chi connectivity index (χ1) is 9.74. The molecule has 5 heteroatoms. The van der Waals surface area contributed by atoms with Gasteiger partial charge in [0.1, 0.15) is 0 Å². The zero-order valence-corrected chi connectivity index (χ0v) is 11.8. The van der Waals surface area contributed by atoms with Gasteiger partial charge in [-0.15, -0.1) is 0 Å². The second-order valence-corrected chi connectivity index (χ2v) is 6.31. The fourth-order valence-electron chi connectivity index (χ4n) is 3.35. The molecule has 5 nitrogen and oxygen atoms in total. The summed E-state index contributed by atoms with van der Waals surface area (Å²) in [6.45, 7) is 0. The number of amides is 1. The average Bonchev–Trinajstić information content (AvgIpc) is 3.01. The summed E-state index contributed by atoms with van der Waals surface area (Å²) in [5.74, 6) is 1.05. The molecule has 4 N–H and O–H groups in total. The van der Waals surface area contributed by atoms with Gasteiger partial charge in [-0.2, -0.15) is 0 Å². The van der Waals surface area contributed by atoms with Gasteiger partial charge in [0, 0.05) is 23.9 Å². The number of rotatable bonds is 5. The lowest BCUT2D eigenvalue weighted by Crippen LogP contribution is -2.43. The van der Waals surface area contributed by atoms with Gasteiger partial charge in [-0.25, -0.2) is 4.98 Å². The molecule has 1 heterocycles. The molecule has 20 heavy (non-hydrogen) atoms. The number of aromatic amines is 1. The fraction of sp³-hybridized carbons (Fsp3) is 0.733. The minimum absolute atomic E-state index is 0.0163. The average molecular weight is 276 g/mol. The Hall–Kier alpha value is -1.36. The number of aromatic nitrogens is 2. The second kappa shape index (κ2) is 5.95. The lowest BCUT2D eigenvalue weighted by molar-refractivity contribution is -0.123. The maximum absolute atomic E-state index is 12.1. The number of hydrogen-bond acceptors (Lipinski definition) is 3. The van der Waals surface area contributed by atoms with Gasteiger partial charge in [-0.3, -0.25) is 4.79 Å². The van der Waals surface area contributed by atoms with Gasteiger partial charge < -0.3 is 16.0 Å². The summed E-state index contributed by atoms with van der Waals surface area (Å²) in [6.07, 6.45) is 11.7. The Labute approximate surface area is 119 Å². The van der Waals surface area contributed by atoms with Crippen molar-refractivity contribution in [3.05, 3.63) is 18.2 Å². The molecule has 2 aliphatic carbocycles. The highest BCUT2D eigenvalue weighted by Gasteiger charge is 2.41. The molecule has 3 rings (SSSR count). The van der Waals surface area contributed by atoms with Gasteiger partial charge in [0.25, 0.3) is 0 Å². The number of hydrogen-bond donors (Lipinski definition) is 3. The molecule has 2 saturated carbocycles. The van der Waals surface area contributed by atoms with Crippen LogP contribution in [0.1, 0.15) is 56.6 Å². The predicted octanol–water partition coefficient (Wildman–Crippen LogP) is 1.68. The van der Waals surface area contributed by atoms with Gasteiger partial charge in [0.2, 0.25) is 5.91 Å². The number of imidazole rings is 1. The minimum Gasteiger partial charge on any atom is -0.351 e. The third-order valence-corrected chi connectivity index (χ3v) is 4.69. The van der Waals surface area contributed by atoms with E-state index in [1.807, 2.05) is 6.20 Å².